The second kappa shape index (κ2) is 9.91. The molecule has 2 aromatic carbocycles. The molecule has 9 heteroatoms. The quantitative estimate of drug-likeness (QED) is 0.459. The van der Waals surface area contributed by atoms with Gasteiger partial charge in [-0.05, 0) is 49.4 Å². The number of carbonyl (C=O) groups excluding carboxylic acids is 2. The van der Waals surface area contributed by atoms with Gasteiger partial charge in [0.05, 0.1) is 11.4 Å². The zero-order valence-electron chi connectivity index (χ0n) is 14.7. The first-order chi connectivity index (χ1) is 13.2. The van der Waals surface area contributed by atoms with Crippen LogP contribution in [-0.4, -0.2) is 28.6 Å². The van der Waals surface area contributed by atoms with E-state index in [1.807, 2.05) is 0 Å². The average molecular weight is 423 g/mol. The molecule has 146 valence electrons. The van der Waals surface area contributed by atoms with Gasteiger partial charge in [0.25, 0.3) is 0 Å². The summed E-state index contributed by atoms with van der Waals surface area (Å²) in [6.45, 7) is 1.32. The van der Waals surface area contributed by atoms with Crippen LogP contribution in [0.3, 0.4) is 0 Å². The van der Waals surface area contributed by atoms with Gasteiger partial charge in [0, 0.05) is 27.3 Å². The van der Waals surface area contributed by atoms with Crippen LogP contribution in [0.25, 0.3) is 0 Å². The fourth-order valence-electron chi connectivity index (χ4n) is 2.00. The van der Waals surface area contributed by atoms with E-state index in [1.165, 1.54) is 30.8 Å². The summed E-state index contributed by atoms with van der Waals surface area (Å²) in [5, 5.41) is 14.0. The van der Waals surface area contributed by atoms with Crippen molar-refractivity contribution in [2.45, 2.75) is 11.8 Å². The van der Waals surface area contributed by atoms with Crippen molar-refractivity contribution in [3.63, 3.8) is 0 Å². The maximum atomic E-state index is 13.7. The number of hydrogen-bond donors (Lipinski definition) is 3. The van der Waals surface area contributed by atoms with E-state index in [0.717, 1.165) is 17.0 Å². The summed E-state index contributed by atoms with van der Waals surface area (Å²) in [5.41, 5.74) is 0.460. The average Bonchev–Trinajstić information content (AvgIpc) is 2.63. The Kier molecular flexibility index (Phi) is 7.60. The minimum atomic E-state index is -1.17. The molecular formula is C19H16ClFN2O4S. The highest BCUT2D eigenvalue weighted by Gasteiger charge is 2.09. The van der Waals surface area contributed by atoms with E-state index in [2.05, 4.69) is 10.6 Å². The van der Waals surface area contributed by atoms with Crippen LogP contribution in [0.4, 0.5) is 15.8 Å². The Hall–Kier alpha value is -2.84. The fraction of sp³-hybridized carbons (Fsp3) is 0.105. The lowest BCUT2D eigenvalue weighted by molar-refractivity contribution is -0.132. The van der Waals surface area contributed by atoms with E-state index < -0.39 is 17.7 Å². The number of thioether (sulfide) groups is 1. The minimum Gasteiger partial charge on any atom is -0.478 e. The van der Waals surface area contributed by atoms with Crippen LogP contribution in [0.2, 0.25) is 5.02 Å². The highest BCUT2D eigenvalue weighted by atomic mass is 35.5. The lowest BCUT2D eigenvalue weighted by atomic mass is 10.2. The van der Waals surface area contributed by atoms with E-state index in [9.17, 15) is 18.8 Å². The Morgan fingerprint density at radius 3 is 2.43 bits per heavy atom. The number of carboxylic acid groups (broad SMARTS) is 1. The van der Waals surface area contributed by atoms with Gasteiger partial charge in [0.15, 0.2) is 0 Å². The minimum absolute atomic E-state index is 0.0535. The number of carboxylic acids is 1. The van der Waals surface area contributed by atoms with Crippen molar-refractivity contribution >= 4 is 52.5 Å². The molecule has 0 heterocycles. The van der Waals surface area contributed by atoms with E-state index >= 15 is 0 Å². The van der Waals surface area contributed by atoms with E-state index in [-0.39, 0.29) is 27.9 Å². The number of rotatable bonds is 7. The van der Waals surface area contributed by atoms with Crippen molar-refractivity contribution in [3.05, 3.63) is 65.0 Å². The second-order valence-electron chi connectivity index (χ2n) is 5.61. The molecule has 0 atom stereocenters. The summed E-state index contributed by atoms with van der Waals surface area (Å²) in [7, 11) is 0. The first kappa shape index (κ1) is 21.5. The number of amides is 2. The summed E-state index contributed by atoms with van der Waals surface area (Å²) >= 11 is 6.90. The number of aliphatic carboxylic acids is 1. The van der Waals surface area contributed by atoms with Gasteiger partial charge in [-0.25, -0.2) is 9.18 Å². The standard InChI is InChI=1S/C19H16ClFN2O4S/c1-11(19(26)27)8-17(24)22-13-3-5-14(6-4-13)28-10-18(25)23-16-7-2-12(20)9-15(16)21/h2-9H,10H2,1H3,(H,22,24)(H,23,25)(H,26,27)/b11-8+. The highest BCUT2D eigenvalue weighted by molar-refractivity contribution is 8.00. The number of carbonyl (C=O) groups is 3. The first-order valence-electron chi connectivity index (χ1n) is 7.95. The van der Waals surface area contributed by atoms with Gasteiger partial charge < -0.3 is 15.7 Å². The van der Waals surface area contributed by atoms with E-state index in [4.69, 9.17) is 16.7 Å². The summed E-state index contributed by atoms with van der Waals surface area (Å²) < 4.78 is 13.7. The number of halogens is 2. The topological polar surface area (TPSA) is 95.5 Å². The van der Waals surface area contributed by atoms with Crippen molar-refractivity contribution in [1.82, 2.24) is 0 Å². The fourth-order valence-corrected chi connectivity index (χ4v) is 2.85. The van der Waals surface area contributed by atoms with Gasteiger partial charge in [0.2, 0.25) is 11.8 Å². The highest BCUT2D eigenvalue weighted by Crippen LogP contribution is 2.22. The summed E-state index contributed by atoms with van der Waals surface area (Å²) in [4.78, 5) is 35.1. The zero-order valence-corrected chi connectivity index (χ0v) is 16.2. The number of nitrogens with one attached hydrogen (secondary N) is 2. The van der Waals surface area contributed by atoms with Crippen molar-refractivity contribution in [1.29, 1.82) is 0 Å². The molecule has 0 unspecified atom stereocenters. The lowest BCUT2D eigenvalue weighted by Gasteiger charge is -2.07. The maximum absolute atomic E-state index is 13.7. The van der Waals surface area contributed by atoms with Crippen LogP contribution in [-0.2, 0) is 14.4 Å². The number of anilines is 2. The van der Waals surface area contributed by atoms with Gasteiger partial charge in [-0.1, -0.05) is 11.6 Å². The predicted octanol–water partition coefficient (Wildman–Crippen LogP) is 4.18. The molecule has 0 aromatic heterocycles. The molecule has 0 spiro atoms. The molecular weight excluding hydrogens is 407 g/mol. The SMILES string of the molecule is C/C(=C\C(=O)Nc1ccc(SCC(=O)Nc2ccc(Cl)cc2F)cc1)C(=O)O. The van der Waals surface area contributed by atoms with Crippen molar-refractivity contribution in [2.75, 3.05) is 16.4 Å². The monoisotopic (exact) mass is 422 g/mol. The normalized spacial score (nSPS) is 11.0. The summed E-state index contributed by atoms with van der Waals surface area (Å²) in [6, 6.07) is 10.6. The van der Waals surface area contributed by atoms with Crippen LogP contribution in [0.1, 0.15) is 6.92 Å². The van der Waals surface area contributed by atoms with Crippen LogP contribution in [0, 0.1) is 5.82 Å². The Labute approximate surface area is 169 Å². The number of benzene rings is 2. The zero-order chi connectivity index (χ0) is 20.7. The largest absolute Gasteiger partial charge is 0.478 e. The van der Waals surface area contributed by atoms with Crippen LogP contribution in [0.5, 0.6) is 0 Å². The molecule has 0 fully saturated rings. The Balaban J connectivity index is 1.87. The van der Waals surface area contributed by atoms with E-state index in [1.54, 1.807) is 24.3 Å². The Bertz CT molecular complexity index is 932. The van der Waals surface area contributed by atoms with Crippen LogP contribution in [0.15, 0.2) is 59.0 Å². The van der Waals surface area contributed by atoms with Crippen LogP contribution < -0.4 is 10.6 Å². The smallest absolute Gasteiger partial charge is 0.331 e. The molecule has 0 bridgehead atoms. The van der Waals surface area contributed by atoms with Gasteiger partial charge >= 0.3 is 5.97 Å². The maximum Gasteiger partial charge on any atom is 0.331 e. The lowest BCUT2D eigenvalue weighted by Crippen LogP contribution is -2.15. The molecule has 0 saturated heterocycles. The molecule has 0 saturated carbocycles. The molecule has 6 nitrogen and oxygen atoms in total. The third-order valence-corrected chi connectivity index (χ3v) is 4.63. The molecule has 0 aliphatic heterocycles. The van der Waals surface area contributed by atoms with Gasteiger partial charge in [0.1, 0.15) is 5.82 Å². The predicted molar refractivity (Wildman–Crippen MR) is 107 cm³/mol. The molecule has 0 aliphatic rings. The summed E-state index contributed by atoms with van der Waals surface area (Å²) in [5.74, 6) is -2.65. The van der Waals surface area contributed by atoms with E-state index in [0.29, 0.717) is 5.69 Å². The molecule has 2 rings (SSSR count). The van der Waals surface area contributed by atoms with Gasteiger partial charge in [-0.2, -0.15) is 0 Å². The summed E-state index contributed by atoms with van der Waals surface area (Å²) in [6.07, 6.45) is 0.991. The van der Waals surface area contributed by atoms with Crippen LogP contribution >= 0.6 is 23.4 Å². The van der Waals surface area contributed by atoms with Gasteiger partial charge in [-0.15, -0.1) is 11.8 Å². The first-order valence-corrected chi connectivity index (χ1v) is 9.31. The Morgan fingerprint density at radius 1 is 1.14 bits per heavy atom. The third kappa shape index (κ3) is 6.71. The molecule has 3 N–H and O–H groups in total. The molecule has 28 heavy (non-hydrogen) atoms. The molecule has 2 amide bonds. The Morgan fingerprint density at radius 2 is 1.82 bits per heavy atom. The van der Waals surface area contributed by atoms with Crippen molar-refractivity contribution < 1.29 is 23.9 Å². The van der Waals surface area contributed by atoms with Crippen molar-refractivity contribution in [3.8, 4) is 0 Å². The molecule has 0 radical (unpaired) electrons. The molecule has 0 aliphatic carbocycles. The van der Waals surface area contributed by atoms with Gasteiger partial charge in [-0.3, -0.25) is 9.59 Å². The number of hydrogen-bond acceptors (Lipinski definition) is 4. The second-order valence-corrected chi connectivity index (χ2v) is 7.09. The van der Waals surface area contributed by atoms with Crippen molar-refractivity contribution in [2.24, 2.45) is 0 Å². The molecule has 2 aromatic rings. The third-order valence-electron chi connectivity index (χ3n) is 3.38.